The molecule has 1 saturated carbocycles. The first-order chi connectivity index (χ1) is 7.95. The zero-order valence-electron chi connectivity index (χ0n) is 11.9. The van der Waals surface area contributed by atoms with Crippen LogP contribution >= 0.6 is 0 Å². The molecule has 2 aliphatic rings. The second-order valence-electron chi connectivity index (χ2n) is 6.96. The van der Waals surface area contributed by atoms with Crippen molar-refractivity contribution in [2.75, 3.05) is 6.61 Å². The van der Waals surface area contributed by atoms with Crippen LogP contribution in [0.25, 0.3) is 0 Å². The van der Waals surface area contributed by atoms with E-state index in [9.17, 15) is 5.11 Å². The van der Waals surface area contributed by atoms with Gasteiger partial charge in [-0.15, -0.1) is 0 Å². The van der Waals surface area contributed by atoms with Crippen molar-refractivity contribution >= 4 is 0 Å². The van der Waals surface area contributed by atoms with Crippen LogP contribution in [0.2, 0.25) is 0 Å². The summed E-state index contributed by atoms with van der Waals surface area (Å²) in [6.45, 7) is 9.87. The molecule has 1 fully saturated rings. The van der Waals surface area contributed by atoms with Gasteiger partial charge in [0.2, 0.25) is 0 Å². The van der Waals surface area contributed by atoms with Gasteiger partial charge in [0.1, 0.15) is 0 Å². The van der Waals surface area contributed by atoms with Crippen molar-refractivity contribution in [2.45, 2.75) is 59.8 Å². The SMILES string of the molecule is CCC1(C)C(CO)CC=C2C1CCCC2(C)C. The summed E-state index contributed by atoms with van der Waals surface area (Å²) in [5.74, 6) is 1.18. The monoisotopic (exact) mass is 236 g/mol. The van der Waals surface area contributed by atoms with Gasteiger partial charge in [-0.3, -0.25) is 0 Å². The van der Waals surface area contributed by atoms with E-state index in [-0.39, 0.29) is 0 Å². The van der Waals surface area contributed by atoms with E-state index in [2.05, 4.69) is 33.8 Å². The van der Waals surface area contributed by atoms with Gasteiger partial charge in [-0.2, -0.15) is 0 Å². The number of hydrogen-bond donors (Lipinski definition) is 1. The maximum absolute atomic E-state index is 9.65. The second kappa shape index (κ2) is 4.42. The number of aliphatic hydroxyl groups excluding tert-OH is 1. The van der Waals surface area contributed by atoms with Crippen molar-refractivity contribution in [3.05, 3.63) is 11.6 Å². The molecule has 0 aromatic heterocycles. The van der Waals surface area contributed by atoms with E-state index in [0.717, 1.165) is 6.42 Å². The van der Waals surface area contributed by atoms with Crippen molar-refractivity contribution in [1.29, 1.82) is 0 Å². The second-order valence-corrected chi connectivity index (χ2v) is 6.96. The maximum Gasteiger partial charge on any atom is 0.0467 e. The molecule has 0 aromatic carbocycles. The lowest BCUT2D eigenvalue weighted by Crippen LogP contribution is -2.45. The van der Waals surface area contributed by atoms with E-state index in [1.807, 2.05) is 0 Å². The maximum atomic E-state index is 9.65. The van der Waals surface area contributed by atoms with E-state index in [1.165, 1.54) is 25.7 Å². The van der Waals surface area contributed by atoms with Crippen LogP contribution in [0.4, 0.5) is 0 Å². The zero-order valence-corrected chi connectivity index (χ0v) is 11.9. The quantitative estimate of drug-likeness (QED) is 0.714. The van der Waals surface area contributed by atoms with Crippen molar-refractivity contribution in [3.8, 4) is 0 Å². The molecule has 0 aromatic rings. The van der Waals surface area contributed by atoms with Gasteiger partial charge in [0.15, 0.2) is 0 Å². The standard InChI is InChI=1S/C16H28O/c1-5-16(4)12(11-17)8-9-13-14(16)7-6-10-15(13,2)3/h9,12,14,17H,5-8,10-11H2,1-4H3. The Morgan fingerprint density at radius 2 is 2.06 bits per heavy atom. The molecule has 3 atom stereocenters. The highest BCUT2D eigenvalue weighted by Gasteiger charge is 2.48. The highest BCUT2D eigenvalue weighted by molar-refractivity contribution is 5.25. The van der Waals surface area contributed by atoms with Crippen molar-refractivity contribution < 1.29 is 5.11 Å². The molecule has 1 N–H and O–H groups in total. The largest absolute Gasteiger partial charge is 0.396 e. The van der Waals surface area contributed by atoms with E-state index < -0.39 is 0 Å². The molecule has 1 heteroatoms. The summed E-state index contributed by atoms with van der Waals surface area (Å²) >= 11 is 0. The van der Waals surface area contributed by atoms with E-state index >= 15 is 0 Å². The third-order valence-corrected chi connectivity index (χ3v) is 5.78. The Morgan fingerprint density at radius 3 is 2.65 bits per heavy atom. The fourth-order valence-corrected chi connectivity index (χ4v) is 4.26. The smallest absolute Gasteiger partial charge is 0.0467 e. The molecule has 2 aliphatic carbocycles. The van der Waals surface area contributed by atoms with Crippen molar-refractivity contribution in [2.24, 2.45) is 22.7 Å². The van der Waals surface area contributed by atoms with Crippen molar-refractivity contribution in [1.82, 2.24) is 0 Å². The normalized spacial score (nSPS) is 40.6. The van der Waals surface area contributed by atoms with E-state index in [0.29, 0.717) is 29.3 Å². The first-order valence-electron chi connectivity index (χ1n) is 7.27. The van der Waals surface area contributed by atoms with Gasteiger partial charge in [0, 0.05) is 6.61 Å². The number of rotatable bonds is 2. The average molecular weight is 236 g/mol. The molecule has 0 heterocycles. The van der Waals surface area contributed by atoms with Crippen LogP contribution in [0.3, 0.4) is 0 Å². The van der Waals surface area contributed by atoms with Crippen LogP contribution in [0, 0.1) is 22.7 Å². The lowest BCUT2D eigenvalue weighted by Gasteiger charge is -2.53. The molecule has 0 aliphatic heterocycles. The van der Waals surface area contributed by atoms with Crippen molar-refractivity contribution in [3.63, 3.8) is 0 Å². The third-order valence-electron chi connectivity index (χ3n) is 5.78. The number of hydrogen-bond acceptors (Lipinski definition) is 1. The molecule has 1 nitrogen and oxygen atoms in total. The zero-order chi connectivity index (χ0) is 12.7. The average Bonchev–Trinajstić information content (AvgIpc) is 2.30. The van der Waals surface area contributed by atoms with Crippen LogP contribution in [0.5, 0.6) is 0 Å². The minimum atomic E-state index is 0.316. The van der Waals surface area contributed by atoms with Crippen LogP contribution in [0.15, 0.2) is 11.6 Å². The molecule has 0 bridgehead atoms. The molecular weight excluding hydrogens is 208 g/mol. The summed E-state index contributed by atoms with van der Waals surface area (Å²) in [7, 11) is 0. The Kier molecular flexibility index (Phi) is 3.42. The highest BCUT2D eigenvalue weighted by atomic mass is 16.3. The topological polar surface area (TPSA) is 20.2 Å². The summed E-state index contributed by atoms with van der Waals surface area (Å²) in [6, 6.07) is 0. The lowest BCUT2D eigenvalue weighted by atomic mass is 9.52. The molecule has 2 rings (SSSR count). The lowest BCUT2D eigenvalue weighted by molar-refractivity contribution is 0.0209. The summed E-state index contributed by atoms with van der Waals surface area (Å²) in [5, 5.41) is 9.65. The van der Waals surface area contributed by atoms with Crippen LogP contribution in [-0.2, 0) is 0 Å². The predicted octanol–water partition coefficient (Wildman–Crippen LogP) is 4.17. The van der Waals surface area contributed by atoms with Gasteiger partial charge in [0.25, 0.3) is 0 Å². The van der Waals surface area contributed by atoms with Crippen LogP contribution in [0.1, 0.15) is 59.8 Å². The molecule has 0 radical (unpaired) electrons. The number of fused-ring (bicyclic) bond motifs is 1. The molecule has 0 saturated heterocycles. The van der Waals surface area contributed by atoms with Gasteiger partial charge < -0.3 is 5.11 Å². The summed E-state index contributed by atoms with van der Waals surface area (Å²) in [6.07, 6.45) is 8.74. The fourth-order valence-electron chi connectivity index (χ4n) is 4.26. The summed E-state index contributed by atoms with van der Waals surface area (Å²) in [4.78, 5) is 0. The Hall–Kier alpha value is -0.300. The van der Waals surface area contributed by atoms with E-state index in [1.54, 1.807) is 5.57 Å². The molecular formula is C16H28O. The van der Waals surface area contributed by atoms with Crippen LogP contribution in [-0.4, -0.2) is 11.7 Å². The molecule has 17 heavy (non-hydrogen) atoms. The Labute approximate surface area is 106 Å². The molecule has 0 amide bonds. The fraction of sp³-hybridized carbons (Fsp3) is 0.875. The third kappa shape index (κ3) is 1.97. The Bertz CT molecular complexity index is 315. The molecule has 98 valence electrons. The molecule has 3 unspecified atom stereocenters. The van der Waals surface area contributed by atoms with Gasteiger partial charge in [0.05, 0.1) is 0 Å². The Morgan fingerprint density at radius 1 is 1.35 bits per heavy atom. The number of aliphatic hydroxyl groups is 1. The predicted molar refractivity (Wildman–Crippen MR) is 72.8 cm³/mol. The van der Waals surface area contributed by atoms with Gasteiger partial charge in [-0.25, -0.2) is 0 Å². The summed E-state index contributed by atoms with van der Waals surface area (Å²) in [5.41, 5.74) is 2.40. The minimum absolute atomic E-state index is 0.316. The van der Waals surface area contributed by atoms with Gasteiger partial charge >= 0.3 is 0 Å². The minimum Gasteiger partial charge on any atom is -0.396 e. The van der Waals surface area contributed by atoms with Gasteiger partial charge in [-0.05, 0) is 48.3 Å². The summed E-state index contributed by atoms with van der Waals surface area (Å²) < 4.78 is 0. The highest BCUT2D eigenvalue weighted by Crippen LogP contribution is 2.57. The molecule has 0 spiro atoms. The first kappa shape index (κ1) is 13.1. The first-order valence-corrected chi connectivity index (χ1v) is 7.27. The van der Waals surface area contributed by atoms with E-state index in [4.69, 9.17) is 0 Å². The van der Waals surface area contributed by atoms with Gasteiger partial charge in [-0.1, -0.05) is 45.8 Å². The van der Waals surface area contributed by atoms with Crippen LogP contribution < -0.4 is 0 Å². The number of allylic oxidation sites excluding steroid dienone is 2. The Balaban J connectivity index is 2.38.